The van der Waals surface area contributed by atoms with Crippen LogP contribution in [0.1, 0.15) is 10.5 Å². The Kier molecular flexibility index (Phi) is 2.31. The first-order valence-corrected chi connectivity index (χ1v) is 3.58. The number of rotatable bonds is 1. The zero-order chi connectivity index (χ0) is 7.56. The highest BCUT2D eigenvalue weighted by Crippen LogP contribution is 2.08. The van der Waals surface area contributed by atoms with Gasteiger partial charge in [-0.05, 0) is 28.7 Å². The summed E-state index contributed by atoms with van der Waals surface area (Å²) < 4.78 is 12.9. The van der Waals surface area contributed by atoms with Crippen molar-refractivity contribution >= 4 is 28.9 Å². The third kappa shape index (κ3) is 1.50. The van der Waals surface area contributed by atoms with Gasteiger partial charge in [0.05, 0.1) is 9.77 Å². The second-order valence-corrected chi connectivity index (χ2v) is 2.80. The molecule has 0 saturated carbocycles. The number of nitrogens with zero attached hydrogens (tertiary/aromatic N) is 1. The molecule has 1 aromatic heterocycles. The van der Waals surface area contributed by atoms with E-state index in [1.54, 1.807) is 22.6 Å². The van der Waals surface area contributed by atoms with E-state index in [2.05, 4.69) is 4.98 Å². The quantitative estimate of drug-likeness (QED) is 0.561. The largest absolute Gasteiger partial charge is 0.296 e. The molecule has 0 saturated heterocycles. The van der Waals surface area contributed by atoms with Crippen molar-refractivity contribution in [1.82, 2.24) is 4.98 Å². The molecule has 1 aromatic rings. The fourth-order valence-electron chi connectivity index (χ4n) is 0.493. The molecule has 0 aliphatic rings. The summed E-state index contributed by atoms with van der Waals surface area (Å²) in [5.41, 5.74) is 0.255. The summed E-state index contributed by atoms with van der Waals surface area (Å²) in [6.07, 6.45) is 1.62. The normalized spacial score (nSPS) is 9.40. The van der Waals surface area contributed by atoms with E-state index in [-0.39, 0.29) is 5.69 Å². The van der Waals surface area contributed by atoms with Crippen molar-refractivity contribution in [2.45, 2.75) is 0 Å². The van der Waals surface area contributed by atoms with Crippen molar-refractivity contribution in [3.8, 4) is 0 Å². The highest BCUT2D eigenvalue weighted by atomic mass is 127. The Bertz CT molecular complexity index is 264. The van der Waals surface area contributed by atoms with Crippen molar-refractivity contribution < 1.29 is 9.18 Å². The molecule has 0 unspecified atom stereocenters. The van der Waals surface area contributed by atoms with Gasteiger partial charge in [-0.15, -0.1) is 0 Å². The number of hydrogen-bond donors (Lipinski definition) is 0. The average molecular weight is 251 g/mol. The van der Waals surface area contributed by atoms with Crippen LogP contribution >= 0.6 is 22.6 Å². The minimum Gasteiger partial charge on any atom is -0.296 e. The Balaban J connectivity index is 3.16. The summed E-state index contributed by atoms with van der Waals surface area (Å²) in [4.78, 5) is 13.6. The summed E-state index contributed by atoms with van der Waals surface area (Å²) >= 11 is 1.80. The molecule has 0 aliphatic carbocycles. The molecule has 0 radical (unpaired) electrons. The molecule has 0 aromatic carbocycles. The zero-order valence-electron chi connectivity index (χ0n) is 4.84. The van der Waals surface area contributed by atoms with Gasteiger partial charge in [-0.2, -0.15) is 0 Å². The van der Waals surface area contributed by atoms with Crippen molar-refractivity contribution in [3.63, 3.8) is 0 Å². The van der Waals surface area contributed by atoms with Crippen LogP contribution in [-0.4, -0.2) is 11.3 Å². The maximum Gasteiger partial charge on any atom is 0.168 e. The lowest BCUT2D eigenvalue weighted by Crippen LogP contribution is -1.90. The Morgan fingerprint density at radius 3 is 2.90 bits per heavy atom. The molecule has 2 nitrogen and oxygen atoms in total. The molecule has 1 rings (SSSR count). The third-order valence-corrected chi connectivity index (χ3v) is 1.78. The van der Waals surface area contributed by atoms with Crippen LogP contribution < -0.4 is 0 Å². The van der Waals surface area contributed by atoms with Crippen molar-refractivity contribution in [2.24, 2.45) is 0 Å². The first-order chi connectivity index (χ1) is 4.74. The maximum absolute atomic E-state index is 12.4. The van der Waals surface area contributed by atoms with E-state index < -0.39 is 5.82 Å². The first-order valence-electron chi connectivity index (χ1n) is 2.50. The molecule has 0 amide bonds. The number of carbonyl (C=O) groups excluding carboxylic acids is 1. The lowest BCUT2D eigenvalue weighted by Gasteiger charge is -1.92. The van der Waals surface area contributed by atoms with Crippen LogP contribution in [0.15, 0.2) is 12.3 Å². The SMILES string of the molecule is O=Cc1cc(I)c(F)cn1. The third-order valence-electron chi connectivity index (χ3n) is 0.950. The molecular formula is C6H3FINO. The Hall–Kier alpha value is -0.520. The summed E-state index contributed by atoms with van der Waals surface area (Å²) in [6, 6.07) is 1.39. The molecule has 4 heteroatoms. The molecule has 0 bridgehead atoms. The smallest absolute Gasteiger partial charge is 0.168 e. The van der Waals surface area contributed by atoms with Crippen molar-refractivity contribution in [2.75, 3.05) is 0 Å². The van der Waals surface area contributed by atoms with Gasteiger partial charge in [-0.3, -0.25) is 9.78 Å². The summed E-state index contributed by atoms with van der Waals surface area (Å²) in [5.74, 6) is -0.397. The number of halogens is 2. The summed E-state index contributed by atoms with van der Waals surface area (Å²) in [7, 11) is 0. The Morgan fingerprint density at radius 1 is 1.70 bits per heavy atom. The fourth-order valence-corrected chi connectivity index (χ4v) is 0.952. The Labute approximate surface area is 70.6 Å². The number of aldehydes is 1. The van der Waals surface area contributed by atoms with E-state index in [4.69, 9.17) is 0 Å². The summed E-state index contributed by atoms with van der Waals surface area (Å²) in [5, 5.41) is 0. The minimum atomic E-state index is -0.397. The van der Waals surface area contributed by atoms with Gasteiger partial charge in [0, 0.05) is 0 Å². The predicted molar refractivity (Wildman–Crippen MR) is 42.3 cm³/mol. The number of aromatic nitrogens is 1. The average Bonchev–Trinajstić information content (AvgIpc) is 1.95. The second kappa shape index (κ2) is 3.05. The molecule has 1 heterocycles. The molecule has 52 valence electrons. The van der Waals surface area contributed by atoms with E-state index >= 15 is 0 Å². The van der Waals surface area contributed by atoms with Gasteiger partial charge >= 0.3 is 0 Å². The van der Waals surface area contributed by atoms with Crippen LogP contribution in [0.4, 0.5) is 4.39 Å². The van der Waals surface area contributed by atoms with Crippen LogP contribution in [0.2, 0.25) is 0 Å². The number of pyridine rings is 1. The van der Waals surface area contributed by atoms with Gasteiger partial charge in [0.15, 0.2) is 12.1 Å². The molecule has 0 fully saturated rings. The van der Waals surface area contributed by atoms with Crippen molar-refractivity contribution in [3.05, 3.63) is 27.3 Å². The molecular weight excluding hydrogens is 248 g/mol. The first kappa shape index (κ1) is 7.59. The fraction of sp³-hybridized carbons (Fsp3) is 0. The van der Waals surface area contributed by atoms with Crippen LogP contribution in [0.25, 0.3) is 0 Å². The Morgan fingerprint density at radius 2 is 2.40 bits per heavy atom. The lowest BCUT2D eigenvalue weighted by molar-refractivity contribution is 0.111. The highest BCUT2D eigenvalue weighted by Gasteiger charge is 1.99. The molecule has 10 heavy (non-hydrogen) atoms. The monoisotopic (exact) mass is 251 g/mol. The lowest BCUT2D eigenvalue weighted by atomic mass is 10.4. The maximum atomic E-state index is 12.4. The van der Waals surface area contributed by atoms with E-state index in [9.17, 15) is 9.18 Å². The van der Waals surface area contributed by atoms with Crippen LogP contribution in [0.3, 0.4) is 0 Å². The van der Waals surface area contributed by atoms with Crippen LogP contribution in [-0.2, 0) is 0 Å². The molecule has 0 N–H and O–H groups in total. The van der Waals surface area contributed by atoms with Gasteiger partial charge in [0.1, 0.15) is 5.69 Å². The van der Waals surface area contributed by atoms with Crippen molar-refractivity contribution in [1.29, 1.82) is 0 Å². The second-order valence-electron chi connectivity index (χ2n) is 1.64. The predicted octanol–water partition coefficient (Wildman–Crippen LogP) is 1.64. The van der Waals surface area contributed by atoms with E-state index in [0.717, 1.165) is 6.20 Å². The number of carbonyl (C=O) groups is 1. The highest BCUT2D eigenvalue weighted by molar-refractivity contribution is 14.1. The van der Waals surface area contributed by atoms with E-state index in [1.165, 1.54) is 6.07 Å². The van der Waals surface area contributed by atoms with Gasteiger partial charge < -0.3 is 0 Å². The van der Waals surface area contributed by atoms with E-state index in [0.29, 0.717) is 9.86 Å². The zero-order valence-corrected chi connectivity index (χ0v) is 7.00. The number of hydrogen-bond acceptors (Lipinski definition) is 2. The minimum absolute atomic E-state index is 0.255. The van der Waals surface area contributed by atoms with Crippen LogP contribution in [0, 0.1) is 9.39 Å². The topological polar surface area (TPSA) is 30.0 Å². The van der Waals surface area contributed by atoms with Gasteiger partial charge in [0.25, 0.3) is 0 Å². The molecule has 0 atom stereocenters. The van der Waals surface area contributed by atoms with E-state index in [1.807, 2.05) is 0 Å². The molecule has 0 aliphatic heterocycles. The van der Waals surface area contributed by atoms with Gasteiger partial charge in [-0.1, -0.05) is 0 Å². The molecule has 0 spiro atoms. The van der Waals surface area contributed by atoms with Gasteiger partial charge in [-0.25, -0.2) is 4.39 Å². The van der Waals surface area contributed by atoms with Gasteiger partial charge in [0.2, 0.25) is 0 Å². The standard InChI is InChI=1S/C6H3FINO/c7-5-2-9-4(3-10)1-6(5)8/h1-3H. The summed E-state index contributed by atoms with van der Waals surface area (Å²) in [6.45, 7) is 0. The van der Waals surface area contributed by atoms with Crippen LogP contribution in [0.5, 0.6) is 0 Å².